The van der Waals surface area contributed by atoms with Gasteiger partial charge in [0.1, 0.15) is 4.21 Å². The Morgan fingerprint density at radius 3 is 2.52 bits per heavy atom. The predicted octanol–water partition coefficient (Wildman–Crippen LogP) is 4.34. The first-order chi connectivity index (χ1) is 9.98. The summed E-state index contributed by atoms with van der Waals surface area (Å²) < 4.78 is 28.5. The molecule has 1 aliphatic rings. The molecule has 6 heteroatoms. The highest BCUT2D eigenvalue weighted by Crippen LogP contribution is 2.38. The quantitative estimate of drug-likeness (QED) is 0.787. The Morgan fingerprint density at radius 1 is 1.19 bits per heavy atom. The summed E-state index contributed by atoms with van der Waals surface area (Å²) in [7, 11) is -3.40. The smallest absolute Gasteiger partial charge is 0.206 e. The molecule has 0 saturated carbocycles. The van der Waals surface area contributed by atoms with E-state index in [9.17, 15) is 8.42 Å². The van der Waals surface area contributed by atoms with Gasteiger partial charge in [-0.2, -0.15) is 4.31 Å². The van der Waals surface area contributed by atoms with Gasteiger partial charge in [-0.1, -0.05) is 29.8 Å². The van der Waals surface area contributed by atoms with Gasteiger partial charge < -0.3 is 0 Å². The van der Waals surface area contributed by atoms with Crippen molar-refractivity contribution in [3.63, 3.8) is 0 Å². The van der Waals surface area contributed by atoms with Crippen LogP contribution in [0.15, 0.2) is 44.4 Å². The standard InChI is InChI=1S/C15H16BrNO2S2/c1-11-4-6-12(7-5-11)13-3-2-10-17(13)21(18,19)15-9-8-14(16)20-15/h4-9,13H,2-3,10H2,1H3/t13-/m1/s1. The molecule has 0 unspecified atom stereocenters. The minimum absolute atomic E-state index is 0.0449. The third-order valence-corrected chi connectivity index (χ3v) is 7.78. The van der Waals surface area contributed by atoms with E-state index in [2.05, 4.69) is 15.9 Å². The first-order valence-electron chi connectivity index (χ1n) is 6.82. The van der Waals surface area contributed by atoms with Crippen molar-refractivity contribution >= 4 is 37.3 Å². The molecule has 1 fully saturated rings. The molecule has 3 nitrogen and oxygen atoms in total. The van der Waals surface area contributed by atoms with Gasteiger partial charge in [0, 0.05) is 6.54 Å². The van der Waals surface area contributed by atoms with Crippen molar-refractivity contribution < 1.29 is 8.42 Å². The van der Waals surface area contributed by atoms with E-state index in [0.29, 0.717) is 10.8 Å². The van der Waals surface area contributed by atoms with Crippen molar-refractivity contribution in [2.75, 3.05) is 6.54 Å². The van der Waals surface area contributed by atoms with Crippen LogP contribution in [-0.4, -0.2) is 19.3 Å². The lowest BCUT2D eigenvalue weighted by molar-refractivity contribution is 0.398. The van der Waals surface area contributed by atoms with E-state index in [1.54, 1.807) is 16.4 Å². The predicted molar refractivity (Wildman–Crippen MR) is 89.1 cm³/mol. The van der Waals surface area contributed by atoms with Crippen molar-refractivity contribution in [3.8, 4) is 0 Å². The van der Waals surface area contributed by atoms with Crippen molar-refractivity contribution in [2.45, 2.75) is 30.0 Å². The molecule has 21 heavy (non-hydrogen) atoms. The molecule has 2 aromatic rings. The number of rotatable bonds is 3. The maximum Gasteiger partial charge on any atom is 0.253 e. The molecule has 0 amide bonds. The van der Waals surface area contributed by atoms with Crippen molar-refractivity contribution in [1.29, 1.82) is 0 Å². The van der Waals surface area contributed by atoms with E-state index < -0.39 is 10.0 Å². The highest BCUT2D eigenvalue weighted by Gasteiger charge is 2.36. The number of thiophene rings is 1. The van der Waals surface area contributed by atoms with Gasteiger partial charge in [0.15, 0.2) is 0 Å². The van der Waals surface area contributed by atoms with Gasteiger partial charge in [0.05, 0.1) is 9.83 Å². The zero-order chi connectivity index (χ0) is 15.0. The molecular formula is C15H16BrNO2S2. The summed E-state index contributed by atoms with van der Waals surface area (Å²) in [5.74, 6) is 0. The summed E-state index contributed by atoms with van der Waals surface area (Å²) >= 11 is 4.60. The summed E-state index contributed by atoms with van der Waals surface area (Å²) in [5, 5.41) is 0. The lowest BCUT2D eigenvalue weighted by Gasteiger charge is -2.23. The maximum absolute atomic E-state index is 12.8. The molecule has 1 aromatic carbocycles. The first-order valence-corrected chi connectivity index (χ1v) is 9.87. The SMILES string of the molecule is Cc1ccc([C@H]2CCCN2S(=O)(=O)c2ccc(Br)s2)cc1. The molecular weight excluding hydrogens is 370 g/mol. The number of sulfonamides is 1. The molecule has 1 aromatic heterocycles. The molecule has 3 rings (SSSR count). The zero-order valence-corrected chi connectivity index (χ0v) is 14.8. The lowest BCUT2D eigenvalue weighted by Crippen LogP contribution is -2.30. The number of hydrogen-bond acceptors (Lipinski definition) is 3. The van der Waals surface area contributed by atoms with Crippen LogP contribution in [0, 0.1) is 6.92 Å². The van der Waals surface area contributed by atoms with Crippen molar-refractivity contribution in [1.82, 2.24) is 4.31 Å². The van der Waals surface area contributed by atoms with E-state index in [4.69, 9.17) is 0 Å². The van der Waals surface area contributed by atoms with Gasteiger partial charge in [0.25, 0.3) is 10.0 Å². The van der Waals surface area contributed by atoms with E-state index in [1.807, 2.05) is 31.2 Å². The molecule has 0 radical (unpaired) electrons. The van der Waals surface area contributed by atoms with Crippen LogP contribution >= 0.6 is 27.3 Å². The Hall–Kier alpha value is -0.690. The molecule has 0 spiro atoms. The van der Waals surface area contributed by atoms with Gasteiger partial charge >= 0.3 is 0 Å². The Kier molecular flexibility index (Phi) is 4.23. The second-order valence-electron chi connectivity index (χ2n) is 5.24. The fourth-order valence-electron chi connectivity index (χ4n) is 2.70. The Balaban J connectivity index is 1.95. The summed E-state index contributed by atoms with van der Waals surface area (Å²) in [6.45, 7) is 2.63. The van der Waals surface area contributed by atoms with Crippen molar-refractivity contribution in [3.05, 3.63) is 51.3 Å². The van der Waals surface area contributed by atoms with Crippen LogP contribution in [0.3, 0.4) is 0 Å². The third kappa shape index (κ3) is 2.95. The number of hydrogen-bond donors (Lipinski definition) is 0. The molecule has 112 valence electrons. The molecule has 0 aliphatic carbocycles. The molecule has 1 atom stereocenters. The average molecular weight is 386 g/mol. The van der Waals surface area contributed by atoms with Crippen LogP contribution in [-0.2, 0) is 10.0 Å². The van der Waals surface area contributed by atoms with E-state index in [1.165, 1.54) is 16.9 Å². The molecule has 0 N–H and O–H groups in total. The van der Waals surface area contributed by atoms with Crippen LogP contribution < -0.4 is 0 Å². The Labute approximate surface area is 137 Å². The summed E-state index contributed by atoms with van der Waals surface area (Å²) in [5.41, 5.74) is 2.27. The van der Waals surface area contributed by atoms with Gasteiger partial charge in [-0.05, 0) is 53.4 Å². The largest absolute Gasteiger partial charge is 0.253 e. The fraction of sp³-hybridized carbons (Fsp3) is 0.333. The zero-order valence-electron chi connectivity index (χ0n) is 11.6. The lowest BCUT2D eigenvalue weighted by atomic mass is 10.0. The highest BCUT2D eigenvalue weighted by atomic mass is 79.9. The maximum atomic E-state index is 12.8. The van der Waals surface area contributed by atoms with Crippen LogP contribution in [0.1, 0.15) is 30.0 Å². The van der Waals surface area contributed by atoms with Gasteiger partial charge in [-0.15, -0.1) is 11.3 Å². The second-order valence-corrected chi connectivity index (χ2v) is 9.82. The number of halogens is 1. The Morgan fingerprint density at radius 2 is 1.90 bits per heavy atom. The van der Waals surface area contributed by atoms with Crippen molar-refractivity contribution in [2.24, 2.45) is 0 Å². The normalized spacial score (nSPS) is 20.0. The summed E-state index contributed by atoms with van der Waals surface area (Å²) in [4.78, 5) is 0. The van der Waals surface area contributed by atoms with E-state index in [-0.39, 0.29) is 6.04 Å². The van der Waals surface area contributed by atoms with Gasteiger partial charge in [-0.3, -0.25) is 0 Å². The second kappa shape index (κ2) is 5.83. The molecule has 1 saturated heterocycles. The van der Waals surface area contributed by atoms with Crippen LogP contribution in [0.5, 0.6) is 0 Å². The van der Waals surface area contributed by atoms with E-state index in [0.717, 1.165) is 22.2 Å². The first kappa shape index (κ1) is 15.2. The van der Waals surface area contributed by atoms with Gasteiger partial charge in [-0.25, -0.2) is 8.42 Å². The number of nitrogens with zero attached hydrogens (tertiary/aromatic N) is 1. The topological polar surface area (TPSA) is 37.4 Å². The average Bonchev–Trinajstić information content (AvgIpc) is 3.08. The monoisotopic (exact) mass is 385 g/mol. The molecule has 1 aliphatic heterocycles. The molecule has 2 heterocycles. The van der Waals surface area contributed by atoms with Crippen LogP contribution in [0.25, 0.3) is 0 Å². The number of benzene rings is 1. The highest BCUT2D eigenvalue weighted by molar-refractivity contribution is 9.11. The Bertz CT molecular complexity index is 737. The van der Waals surface area contributed by atoms with E-state index >= 15 is 0 Å². The van der Waals surface area contributed by atoms with Gasteiger partial charge in [0.2, 0.25) is 0 Å². The number of aryl methyl sites for hydroxylation is 1. The van der Waals surface area contributed by atoms with Crippen LogP contribution in [0.2, 0.25) is 0 Å². The minimum Gasteiger partial charge on any atom is -0.206 e. The summed E-state index contributed by atoms with van der Waals surface area (Å²) in [6, 6.07) is 11.6. The molecule has 0 bridgehead atoms. The third-order valence-electron chi connectivity index (χ3n) is 3.78. The van der Waals surface area contributed by atoms with Crippen LogP contribution in [0.4, 0.5) is 0 Å². The summed E-state index contributed by atoms with van der Waals surface area (Å²) in [6.07, 6.45) is 1.79. The minimum atomic E-state index is -3.40. The fourth-order valence-corrected chi connectivity index (χ4v) is 6.52.